The van der Waals surface area contributed by atoms with Crippen LogP contribution in [0.4, 0.5) is 0 Å². The summed E-state index contributed by atoms with van der Waals surface area (Å²) in [4.78, 5) is 2.12. The van der Waals surface area contributed by atoms with E-state index in [1.165, 1.54) is 0 Å². The highest BCUT2D eigenvalue weighted by Crippen LogP contribution is 2.15. The molecule has 0 aliphatic rings. The predicted molar refractivity (Wildman–Crippen MR) is 75.3 cm³/mol. The molecule has 0 aromatic heterocycles. The van der Waals surface area contributed by atoms with Gasteiger partial charge in [-0.05, 0) is 26.2 Å². The Labute approximate surface area is 115 Å². The zero-order valence-electron chi connectivity index (χ0n) is 10.8. The lowest BCUT2D eigenvalue weighted by Crippen LogP contribution is -2.29. The number of halogens is 1. The van der Waals surface area contributed by atoms with Crippen LogP contribution in [0.25, 0.3) is 0 Å². The Balaban J connectivity index is 0.00000289. The first-order valence-corrected chi connectivity index (χ1v) is 5.71. The normalized spacial score (nSPS) is 9.67. The average Bonchev–Trinajstić information content (AvgIpc) is 2.33. The minimum atomic E-state index is 0. The average molecular weight is 270 g/mol. The monoisotopic (exact) mass is 269 g/mol. The van der Waals surface area contributed by atoms with Gasteiger partial charge in [-0.2, -0.15) is 5.26 Å². The number of rotatable bonds is 7. The highest BCUT2D eigenvalue weighted by Gasteiger charge is 2.00. The number of benzene rings is 1. The minimum absolute atomic E-state index is 0. The van der Waals surface area contributed by atoms with Gasteiger partial charge in [0, 0.05) is 19.6 Å². The summed E-state index contributed by atoms with van der Waals surface area (Å²) in [6, 6.07) is 9.39. The van der Waals surface area contributed by atoms with Gasteiger partial charge in [-0.25, -0.2) is 0 Å². The molecule has 0 fully saturated rings. The van der Waals surface area contributed by atoms with Gasteiger partial charge < -0.3 is 15.0 Å². The van der Waals surface area contributed by atoms with Crippen molar-refractivity contribution < 1.29 is 4.74 Å². The van der Waals surface area contributed by atoms with E-state index >= 15 is 0 Å². The molecular weight excluding hydrogens is 250 g/mol. The van der Waals surface area contributed by atoms with E-state index in [0.29, 0.717) is 17.9 Å². The Kier molecular flexibility index (Phi) is 9.03. The number of nitrogens with zero attached hydrogens (tertiary/aromatic N) is 2. The molecule has 18 heavy (non-hydrogen) atoms. The smallest absolute Gasteiger partial charge is 0.137 e. The predicted octanol–water partition coefficient (Wildman–Crippen LogP) is 1.51. The Morgan fingerprint density at radius 1 is 1.28 bits per heavy atom. The lowest BCUT2D eigenvalue weighted by atomic mass is 10.2. The standard InChI is InChI=1S/C13H19N3O.ClH/c1-16(2)9-7-15-8-10-17-13-6-4-3-5-12(13)11-14;/h3-6,15H,7-10H2,1-2H3;1H. The Hall–Kier alpha value is -1.28. The molecule has 1 N–H and O–H groups in total. The molecule has 5 heteroatoms. The first kappa shape index (κ1) is 16.7. The van der Waals surface area contributed by atoms with Gasteiger partial charge in [0.1, 0.15) is 18.4 Å². The van der Waals surface area contributed by atoms with Crippen LogP contribution in [-0.4, -0.2) is 45.2 Å². The largest absolute Gasteiger partial charge is 0.491 e. The molecular formula is C13H20ClN3O. The van der Waals surface area contributed by atoms with Gasteiger partial charge in [-0.15, -0.1) is 12.4 Å². The van der Waals surface area contributed by atoms with E-state index in [2.05, 4.69) is 16.3 Å². The van der Waals surface area contributed by atoms with E-state index in [1.807, 2.05) is 32.3 Å². The number of nitrogens with one attached hydrogen (secondary N) is 1. The summed E-state index contributed by atoms with van der Waals surface area (Å²) < 4.78 is 5.54. The van der Waals surface area contributed by atoms with Crippen molar-refractivity contribution in [1.82, 2.24) is 10.2 Å². The number of nitriles is 1. The molecule has 0 spiro atoms. The molecule has 0 radical (unpaired) electrons. The minimum Gasteiger partial charge on any atom is -0.491 e. The Bertz CT molecular complexity index is 377. The Morgan fingerprint density at radius 2 is 2.00 bits per heavy atom. The summed E-state index contributed by atoms with van der Waals surface area (Å²) in [5.74, 6) is 0.657. The van der Waals surface area contributed by atoms with Crippen LogP contribution in [0.2, 0.25) is 0 Å². The van der Waals surface area contributed by atoms with Gasteiger partial charge in [0.2, 0.25) is 0 Å². The van der Waals surface area contributed by atoms with Crippen molar-refractivity contribution in [3.8, 4) is 11.8 Å². The molecule has 1 aromatic carbocycles. The number of hydrogen-bond acceptors (Lipinski definition) is 4. The van der Waals surface area contributed by atoms with Gasteiger partial charge >= 0.3 is 0 Å². The maximum atomic E-state index is 8.87. The zero-order chi connectivity index (χ0) is 12.5. The summed E-state index contributed by atoms with van der Waals surface area (Å²) in [6.07, 6.45) is 0. The fraction of sp³-hybridized carbons (Fsp3) is 0.462. The van der Waals surface area contributed by atoms with Gasteiger partial charge in [0.05, 0.1) is 5.56 Å². The van der Waals surface area contributed by atoms with Crippen molar-refractivity contribution in [3.63, 3.8) is 0 Å². The van der Waals surface area contributed by atoms with E-state index in [0.717, 1.165) is 19.6 Å². The van der Waals surface area contributed by atoms with Crippen LogP contribution in [0.5, 0.6) is 5.75 Å². The molecule has 0 aliphatic carbocycles. The first-order valence-electron chi connectivity index (χ1n) is 5.71. The van der Waals surface area contributed by atoms with E-state index in [1.54, 1.807) is 6.07 Å². The van der Waals surface area contributed by atoms with Gasteiger partial charge in [-0.1, -0.05) is 12.1 Å². The van der Waals surface area contributed by atoms with Crippen LogP contribution in [0, 0.1) is 11.3 Å². The van der Waals surface area contributed by atoms with Crippen LogP contribution < -0.4 is 10.1 Å². The fourth-order valence-electron chi connectivity index (χ4n) is 1.35. The Morgan fingerprint density at radius 3 is 2.67 bits per heavy atom. The molecule has 0 aliphatic heterocycles. The van der Waals surface area contributed by atoms with E-state index in [9.17, 15) is 0 Å². The molecule has 0 amide bonds. The van der Waals surface area contributed by atoms with Crippen LogP contribution in [-0.2, 0) is 0 Å². The zero-order valence-corrected chi connectivity index (χ0v) is 11.7. The first-order chi connectivity index (χ1) is 8.24. The summed E-state index contributed by atoms with van der Waals surface area (Å²) in [5, 5.41) is 12.1. The van der Waals surface area contributed by atoms with Crippen molar-refractivity contribution in [1.29, 1.82) is 5.26 Å². The van der Waals surface area contributed by atoms with Crippen LogP contribution in [0.3, 0.4) is 0 Å². The quantitative estimate of drug-likeness (QED) is 0.763. The van der Waals surface area contributed by atoms with E-state index < -0.39 is 0 Å². The molecule has 0 bridgehead atoms. The van der Waals surface area contributed by atoms with Crippen molar-refractivity contribution >= 4 is 12.4 Å². The molecule has 0 atom stereocenters. The molecule has 0 saturated heterocycles. The molecule has 1 rings (SSSR count). The van der Waals surface area contributed by atoms with E-state index in [-0.39, 0.29) is 12.4 Å². The molecule has 0 saturated carbocycles. The molecule has 4 nitrogen and oxygen atoms in total. The third kappa shape index (κ3) is 6.45. The second-order valence-corrected chi connectivity index (χ2v) is 4.01. The van der Waals surface area contributed by atoms with Gasteiger partial charge in [-0.3, -0.25) is 0 Å². The molecule has 0 heterocycles. The third-order valence-electron chi connectivity index (χ3n) is 2.28. The molecule has 0 unspecified atom stereocenters. The highest BCUT2D eigenvalue weighted by molar-refractivity contribution is 5.85. The topological polar surface area (TPSA) is 48.3 Å². The van der Waals surface area contributed by atoms with Crippen LogP contribution in [0.15, 0.2) is 24.3 Å². The van der Waals surface area contributed by atoms with Crippen molar-refractivity contribution in [2.24, 2.45) is 0 Å². The summed E-state index contributed by atoms with van der Waals surface area (Å²) >= 11 is 0. The van der Waals surface area contributed by atoms with E-state index in [4.69, 9.17) is 10.00 Å². The van der Waals surface area contributed by atoms with Crippen molar-refractivity contribution in [3.05, 3.63) is 29.8 Å². The fourth-order valence-corrected chi connectivity index (χ4v) is 1.35. The maximum absolute atomic E-state index is 8.87. The lowest BCUT2D eigenvalue weighted by molar-refractivity contribution is 0.307. The second kappa shape index (κ2) is 9.72. The summed E-state index contributed by atoms with van der Waals surface area (Å²) in [5.41, 5.74) is 0.584. The summed E-state index contributed by atoms with van der Waals surface area (Å²) in [6.45, 7) is 3.31. The van der Waals surface area contributed by atoms with Crippen LogP contribution >= 0.6 is 12.4 Å². The number of ether oxygens (including phenoxy) is 1. The third-order valence-corrected chi connectivity index (χ3v) is 2.28. The van der Waals surface area contributed by atoms with Gasteiger partial charge in [0.15, 0.2) is 0 Å². The van der Waals surface area contributed by atoms with Gasteiger partial charge in [0.25, 0.3) is 0 Å². The van der Waals surface area contributed by atoms with Crippen LogP contribution in [0.1, 0.15) is 5.56 Å². The molecule has 1 aromatic rings. The second-order valence-electron chi connectivity index (χ2n) is 4.01. The SMILES string of the molecule is CN(C)CCNCCOc1ccccc1C#N.Cl. The maximum Gasteiger partial charge on any atom is 0.137 e. The number of likely N-dealkylation sites (N-methyl/N-ethyl adjacent to an activating group) is 1. The highest BCUT2D eigenvalue weighted by atomic mass is 35.5. The molecule has 100 valence electrons. The lowest BCUT2D eigenvalue weighted by Gasteiger charge is -2.11. The number of para-hydroxylation sites is 1. The number of hydrogen-bond donors (Lipinski definition) is 1. The summed E-state index contributed by atoms with van der Waals surface area (Å²) in [7, 11) is 4.09. The van der Waals surface area contributed by atoms with Crippen molar-refractivity contribution in [2.45, 2.75) is 0 Å². The van der Waals surface area contributed by atoms with Crippen molar-refractivity contribution in [2.75, 3.05) is 40.3 Å².